The van der Waals surface area contributed by atoms with E-state index in [0.29, 0.717) is 13.0 Å². The number of hydrogen-bond acceptors (Lipinski definition) is 3. The molecule has 0 saturated carbocycles. The molecule has 2 unspecified atom stereocenters. The molecule has 0 radical (unpaired) electrons. The van der Waals surface area contributed by atoms with Crippen LogP contribution in [0.1, 0.15) is 18.1 Å². The van der Waals surface area contributed by atoms with Crippen molar-refractivity contribution < 1.29 is 9.84 Å². The summed E-state index contributed by atoms with van der Waals surface area (Å²) in [4.78, 5) is 0. The average Bonchev–Trinajstić information content (AvgIpc) is 2.94. The lowest BCUT2D eigenvalue weighted by atomic mass is 9.89. The van der Waals surface area contributed by atoms with Crippen molar-refractivity contribution in [2.24, 2.45) is 5.92 Å². The molecule has 1 N–H and O–H groups in total. The second-order valence-electron chi connectivity index (χ2n) is 5.36. The second kappa shape index (κ2) is 5.67. The Labute approximate surface area is 119 Å². The molecule has 1 aliphatic heterocycles. The number of ether oxygens (including phenoxy) is 1. The maximum atomic E-state index is 10.4. The van der Waals surface area contributed by atoms with E-state index < -0.39 is 6.10 Å². The molecule has 2 atom stereocenters. The van der Waals surface area contributed by atoms with Crippen LogP contribution in [0.2, 0.25) is 0 Å². The highest BCUT2D eigenvalue weighted by Gasteiger charge is 2.26. The van der Waals surface area contributed by atoms with E-state index in [4.69, 9.17) is 4.74 Å². The Balaban J connectivity index is 1.65. The number of para-hydroxylation sites is 1. The fourth-order valence-corrected chi connectivity index (χ4v) is 2.69. The molecule has 1 aromatic carbocycles. The summed E-state index contributed by atoms with van der Waals surface area (Å²) in [7, 11) is 0. The van der Waals surface area contributed by atoms with Crippen molar-refractivity contribution in [3.05, 3.63) is 47.8 Å². The summed E-state index contributed by atoms with van der Waals surface area (Å²) in [5.74, 6) is 1.10. The largest absolute Gasteiger partial charge is 0.493 e. The molecule has 2 aromatic rings. The van der Waals surface area contributed by atoms with Gasteiger partial charge >= 0.3 is 0 Å². The Morgan fingerprint density at radius 2 is 2.30 bits per heavy atom. The highest BCUT2D eigenvalue weighted by Crippen LogP contribution is 2.29. The summed E-state index contributed by atoms with van der Waals surface area (Å²) in [5, 5.41) is 14.7. The molecule has 1 aromatic heterocycles. The van der Waals surface area contributed by atoms with Crippen LogP contribution in [0.3, 0.4) is 0 Å². The van der Waals surface area contributed by atoms with E-state index in [0.717, 1.165) is 24.3 Å². The highest BCUT2D eigenvalue weighted by atomic mass is 16.5. The smallest absolute Gasteiger partial charge is 0.122 e. The Morgan fingerprint density at radius 3 is 3.10 bits per heavy atom. The van der Waals surface area contributed by atoms with Gasteiger partial charge in [0.2, 0.25) is 0 Å². The Hall–Kier alpha value is -1.81. The molecule has 106 valence electrons. The molecule has 0 aliphatic carbocycles. The van der Waals surface area contributed by atoms with Crippen LogP contribution in [0.4, 0.5) is 0 Å². The molecule has 2 heterocycles. The standard InChI is InChI=1S/C16H20N2O2/c1-2-18-10-12(9-17-18)7-15(19)14-8-13-5-3-4-6-16(13)20-11-14/h3-6,9-10,14-15,19H,2,7-8,11H2,1H3. The summed E-state index contributed by atoms with van der Waals surface area (Å²) >= 11 is 0. The van der Waals surface area contributed by atoms with Crippen molar-refractivity contribution in [2.75, 3.05) is 6.61 Å². The van der Waals surface area contributed by atoms with Gasteiger partial charge in [0.05, 0.1) is 18.9 Å². The van der Waals surface area contributed by atoms with Crippen LogP contribution < -0.4 is 4.74 Å². The van der Waals surface area contributed by atoms with E-state index in [1.54, 1.807) is 0 Å². The number of aryl methyl sites for hydroxylation is 1. The van der Waals surface area contributed by atoms with Crippen LogP contribution in [0.25, 0.3) is 0 Å². The van der Waals surface area contributed by atoms with Crippen LogP contribution in [0, 0.1) is 5.92 Å². The Kier molecular flexibility index (Phi) is 3.74. The zero-order valence-electron chi connectivity index (χ0n) is 11.7. The quantitative estimate of drug-likeness (QED) is 0.926. The predicted octanol–water partition coefficient (Wildman–Crippen LogP) is 2.06. The number of aliphatic hydroxyl groups is 1. The lowest BCUT2D eigenvalue weighted by molar-refractivity contribution is 0.0652. The number of hydrogen-bond donors (Lipinski definition) is 1. The molecule has 4 nitrogen and oxygen atoms in total. The van der Waals surface area contributed by atoms with E-state index in [2.05, 4.69) is 18.1 Å². The first-order chi connectivity index (χ1) is 9.76. The molecule has 0 bridgehead atoms. The summed E-state index contributed by atoms with van der Waals surface area (Å²) in [6.45, 7) is 3.50. The van der Waals surface area contributed by atoms with Crippen LogP contribution in [-0.2, 0) is 19.4 Å². The van der Waals surface area contributed by atoms with Gasteiger partial charge in [-0.2, -0.15) is 5.10 Å². The Morgan fingerprint density at radius 1 is 1.45 bits per heavy atom. The first kappa shape index (κ1) is 13.2. The molecule has 20 heavy (non-hydrogen) atoms. The fourth-order valence-electron chi connectivity index (χ4n) is 2.69. The molecule has 3 rings (SSSR count). The number of fused-ring (bicyclic) bond motifs is 1. The predicted molar refractivity (Wildman–Crippen MR) is 76.7 cm³/mol. The van der Waals surface area contributed by atoms with Crippen LogP contribution in [0.5, 0.6) is 5.75 Å². The van der Waals surface area contributed by atoms with Gasteiger partial charge < -0.3 is 9.84 Å². The van der Waals surface area contributed by atoms with Gasteiger partial charge in [-0.1, -0.05) is 18.2 Å². The summed E-state index contributed by atoms with van der Waals surface area (Å²) in [5.41, 5.74) is 2.27. The Bertz CT molecular complexity index is 579. The first-order valence-electron chi connectivity index (χ1n) is 7.16. The van der Waals surface area contributed by atoms with E-state index >= 15 is 0 Å². The van der Waals surface area contributed by atoms with Crippen molar-refractivity contribution in [3.8, 4) is 5.75 Å². The van der Waals surface area contributed by atoms with Gasteiger partial charge in [0.25, 0.3) is 0 Å². The zero-order chi connectivity index (χ0) is 13.9. The third kappa shape index (κ3) is 2.70. The summed E-state index contributed by atoms with van der Waals surface area (Å²) in [6, 6.07) is 8.06. The number of nitrogens with zero attached hydrogens (tertiary/aromatic N) is 2. The molecule has 0 saturated heterocycles. The van der Waals surface area contributed by atoms with E-state index in [-0.39, 0.29) is 5.92 Å². The maximum absolute atomic E-state index is 10.4. The van der Waals surface area contributed by atoms with Crippen LogP contribution in [-0.4, -0.2) is 27.6 Å². The van der Waals surface area contributed by atoms with Crippen LogP contribution >= 0.6 is 0 Å². The van der Waals surface area contributed by atoms with Crippen molar-refractivity contribution in [1.29, 1.82) is 0 Å². The van der Waals surface area contributed by atoms with Gasteiger partial charge in [-0.05, 0) is 30.5 Å². The minimum Gasteiger partial charge on any atom is -0.493 e. The SMILES string of the molecule is CCn1cc(CC(O)C2COc3ccccc3C2)cn1. The second-order valence-corrected chi connectivity index (χ2v) is 5.36. The van der Waals surface area contributed by atoms with Gasteiger partial charge in [-0.3, -0.25) is 4.68 Å². The number of rotatable bonds is 4. The minimum absolute atomic E-state index is 0.148. The summed E-state index contributed by atoms with van der Waals surface area (Å²) < 4.78 is 7.62. The first-order valence-corrected chi connectivity index (χ1v) is 7.16. The highest BCUT2D eigenvalue weighted by molar-refractivity contribution is 5.35. The molecule has 0 spiro atoms. The minimum atomic E-state index is -0.391. The molecular formula is C16H20N2O2. The molecular weight excluding hydrogens is 252 g/mol. The van der Waals surface area contributed by atoms with Gasteiger partial charge in [-0.15, -0.1) is 0 Å². The van der Waals surface area contributed by atoms with E-state index in [9.17, 15) is 5.11 Å². The lowest BCUT2D eigenvalue weighted by Crippen LogP contribution is -2.32. The monoisotopic (exact) mass is 272 g/mol. The summed E-state index contributed by atoms with van der Waals surface area (Å²) in [6.07, 6.45) is 4.96. The van der Waals surface area contributed by atoms with Gasteiger partial charge in [-0.25, -0.2) is 0 Å². The third-order valence-corrected chi connectivity index (χ3v) is 3.91. The maximum Gasteiger partial charge on any atom is 0.122 e. The van der Waals surface area contributed by atoms with Crippen molar-refractivity contribution in [2.45, 2.75) is 32.4 Å². The van der Waals surface area contributed by atoms with E-state index in [1.165, 1.54) is 5.56 Å². The molecule has 0 fully saturated rings. The van der Waals surface area contributed by atoms with Crippen molar-refractivity contribution in [3.63, 3.8) is 0 Å². The third-order valence-electron chi connectivity index (χ3n) is 3.91. The number of aromatic nitrogens is 2. The van der Waals surface area contributed by atoms with E-state index in [1.807, 2.05) is 35.3 Å². The average molecular weight is 272 g/mol. The van der Waals surface area contributed by atoms with Gasteiger partial charge in [0.1, 0.15) is 5.75 Å². The van der Waals surface area contributed by atoms with Gasteiger partial charge in [0, 0.05) is 25.1 Å². The van der Waals surface area contributed by atoms with Crippen LogP contribution in [0.15, 0.2) is 36.7 Å². The topological polar surface area (TPSA) is 47.3 Å². The molecule has 0 amide bonds. The van der Waals surface area contributed by atoms with Crippen molar-refractivity contribution in [1.82, 2.24) is 9.78 Å². The normalized spacial score (nSPS) is 19.2. The van der Waals surface area contributed by atoms with Gasteiger partial charge in [0.15, 0.2) is 0 Å². The lowest BCUT2D eigenvalue weighted by Gasteiger charge is -2.28. The fraction of sp³-hybridized carbons (Fsp3) is 0.438. The molecule has 1 aliphatic rings. The van der Waals surface area contributed by atoms with Crippen molar-refractivity contribution >= 4 is 0 Å². The number of benzene rings is 1. The number of aliphatic hydroxyl groups excluding tert-OH is 1. The molecule has 4 heteroatoms. The zero-order valence-corrected chi connectivity index (χ0v) is 11.7.